The van der Waals surface area contributed by atoms with Crippen LogP contribution in [0.15, 0.2) is 48.7 Å². The number of methoxy groups -OCH3 is 1. The van der Waals surface area contributed by atoms with Crippen LogP contribution in [0, 0.1) is 0 Å². The number of nitrogens with zero attached hydrogens (tertiary/aromatic N) is 1. The van der Waals surface area contributed by atoms with Crippen molar-refractivity contribution in [3.8, 4) is 5.75 Å². The summed E-state index contributed by atoms with van der Waals surface area (Å²) in [5, 5.41) is 8.60. The van der Waals surface area contributed by atoms with Crippen molar-refractivity contribution in [3.05, 3.63) is 64.8 Å². The molecular formula is C27H28ClN3O3. The lowest BCUT2D eigenvalue weighted by atomic mass is 9.90. The molecule has 34 heavy (non-hydrogen) atoms. The Bertz CT molecular complexity index is 1240. The summed E-state index contributed by atoms with van der Waals surface area (Å²) in [4.78, 5) is 29.6. The molecular weight excluding hydrogens is 450 g/mol. The second-order valence-corrected chi connectivity index (χ2v) is 9.70. The summed E-state index contributed by atoms with van der Waals surface area (Å²) >= 11 is 6.10. The molecule has 2 aliphatic carbocycles. The van der Waals surface area contributed by atoms with Gasteiger partial charge in [0.25, 0.3) is 0 Å². The van der Waals surface area contributed by atoms with E-state index in [9.17, 15) is 9.59 Å². The number of rotatable bonds is 6. The molecule has 1 atom stereocenters. The lowest BCUT2D eigenvalue weighted by Crippen LogP contribution is -2.40. The van der Waals surface area contributed by atoms with Gasteiger partial charge >= 0.3 is 0 Å². The number of carbonyl (C=O) groups is 2. The van der Waals surface area contributed by atoms with Crippen LogP contribution in [0.1, 0.15) is 60.4 Å². The van der Waals surface area contributed by atoms with Crippen LogP contribution >= 0.6 is 11.6 Å². The van der Waals surface area contributed by atoms with Gasteiger partial charge in [0.05, 0.1) is 12.6 Å². The number of pyridine rings is 1. The van der Waals surface area contributed by atoms with E-state index in [-0.39, 0.29) is 23.7 Å². The number of benzene rings is 2. The number of ether oxygens (including phenoxy) is 1. The van der Waals surface area contributed by atoms with Crippen LogP contribution < -0.4 is 15.4 Å². The molecule has 1 amide bonds. The maximum Gasteiger partial charge on any atom is 0.220 e. The number of carbonyl (C=O) groups excluding carboxylic acids is 2. The summed E-state index contributed by atoms with van der Waals surface area (Å²) in [6.45, 7) is 0. The first-order valence-electron chi connectivity index (χ1n) is 11.8. The molecule has 0 radical (unpaired) electrons. The number of Topliss-reactive ketones (excluding diaryl/α,β-unsaturated/α-hetero) is 1. The summed E-state index contributed by atoms with van der Waals surface area (Å²) in [6, 6.07) is 13.8. The highest BCUT2D eigenvalue weighted by Crippen LogP contribution is 2.37. The first-order valence-corrected chi connectivity index (χ1v) is 12.2. The lowest BCUT2D eigenvalue weighted by Gasteiger charge is -2.31. The molecule has 2 aliphatic rings. The third-order valence-electron chi connectivity index (χ3n) is 7.02. The molecule has 0 bridgehead atoms. The van der Waals surface area contributed by atoms with E-state index in [1.807, 2.05) is 36.4 Å². The molecule has 3 aromatic rings. The van der Waals surface area contributed by atoms with Gasteiger partial charge < -0.3 is 15.4 Å². The number of hydrogen-bond donors (Lipinski definition) is 2. The zero-order valence-electron chi connectivity index (χ0n) is 19.1. The molecule has 7 heteroatoms. The zero-order chi connectivity index (χ0) is 23.7. The smallest absolute Gasteiger partial charge is 0.220 e. The van der Waals surface area contributed by atoms with Gasteiger partial charge in [0.1, 0.15) is 5.75 Å². The number of amides is 1. The van der Waals surface area contributed by atoms with E-state index in [1.165, 1.54) is 0 Å². The van der Waals surface area contributed by atoms with Crippen LogP contribution in [0.3, 0.4) is 0 Å². The number of fused-ring (bicyclic) bond motifs is 2. The predicted octanol–water partition coefficient (Wildman–Crippen LogP) is 5.50. The zero-order valence-corrected chi connectivity index (χ0v) is 19.9. The van der Waals surface area contributed by atoms with E-state index in [2.05, 4.69) is 15.6 Å². The molecule has 0 aliphatic heterocycles. The van der Waals surface area contributed by atoms with Crippen LogP contribution in [0.5, 0.6) is 5.75 Å². The van der Waals surface area contributed by atoms with Crippen molar-refractivity contribution in [3.63, 3.8) is 0 Å². The molecule has 1 saturated carbocycles. The largest absolute Gasteiger partial charge is 0.497 e. The summed E-state index contributed by atoms with van der Waals surface area (Å²) in [7, 11) is 1.61. The van der Waals surface area contributed by atoms with Crippen molar-refractivity contribution in [2.45, 2.75) is 56.5 Å². The van der Waals surface area contributed by atoms with Crippen molar-refractivity contribution < 1.29 is 14.3 Å². The van der Waals surface area contributed by atoms with Crippen LogP contribution in [0.4, 0.5) is 5.69 Å². The molecule has 1 unspecified atom stereocenters. The van der Waals surface area contributed by atoms with Gasteiger partial charge in [-0.1, -0.05) is 11.6 Å². The molecule has 176 valence electrons. The Morgan fingerprint density at radius 2 is 1.88 bits per heavy atom. The lowest BCUT2D eigenvalue weighted by molar-refractivity contribution is -0.122. The highest BCUT2D eigenvalue weighted by atomic mass is 35.5. The summed E-state index contributed by atoms with van der Waals surface area (Å²) in [5.74, 6) is 0.758. The fourth-order valence-electron chi connectivity index (χ4n) is 5.24. The third kappa shape index (κ3) is 4.73. The fraction of sp³-hybridized carbons (Fsp3) is 0.370. The van der Waals surface area contributed by atoms with Crippen LogP contribution in [0.25, 0.3) is 10.9 Å². The maximum atomic E-state index is 12.8. The third-order valence-corrected chi connectivity index (χ3v) is 7.25. The summed E-state index contributed by atoms with van der Waals surface area (Å²) in [6.07, 6.45) is 6.31. The number of ketones is 1. The summed E-state index contributed by atoms with van der Waals surface area (Å²) in [5.41, 5.74) is 3.59. The van der Waals surface area contributed by atoms with Crippen molar-refractivity contribution in [2.75, 3.05) is 12.4 Å². The highest BCUT2D eigenvalue weighted by molar-refractivity contribution is 6.31. The van der Waals surface area contributed by atoms with Gasteiger partial charge in [0.2, 0.25) is 5.91 Å². The maximum absolute atomic E-state index is 12.8. The van der Waals surface area contributed by atoms with Gasteiger partial charge in [-0.15, -0.1) is 0 Å². The second-order valence-electron chi connectivity index (χ2n) is 9.26. The molecule has 0 spiro atoms. The Kier molecular flexibility index (Phi) is 6.42. The van der Waals surface area contributed by atoms with Crippen molar-refractivity contribution >= 4 is 39.9 Å². The topological polar surface area (TPSA) is 80.3 Å². The van der Waals surface area contributed by atoms with Crippen molar-refractivity contribution in [1.82, 2.24) is 10.3 Å². The molecule has 2 aromatic carbocycles. The minimum Gasteiger partial charge on any atom is -0.497 e. The quantitative estimate of drug-likeness (QED) is 0.490. The van der Waals surface area contributed by atoms with E-state index >= 15 is 0 Å². The van der Waals surface area contributed by atoms with E-state index in [1.54, 1.807) is 19.4 Å². The van der Waals surface area contributed by atoms with Crippen molar-refractivity contribution in [2.24, 2.45) is 0 Å². The number of aromatic nitrogens is 1. The average molecular weight is 478 g/mol. The molecule has 1 fully saturated rings. The monoisotopic (exact) mass is 477 g/mol. The Morgan fingerprint density at radius 1 is 1.09 bits per heavy atom. The standard InChI is InChI=1S/C27H28ClN3O3/c1-34-20-7-9-21-23(15-20)16(12-26(21)32)13-27(33)31-19-5-3-18(4-6-19)30-24-10-11-29-25-14-17(28)2-8-22(24)25/h2,7-11,14-16,18-19H,3-6,12-13H2,1H3,(H,29,30)(H,31,33). The minimum atomic E-state index is -0.0796. The van der Waals surface area contributed by atoms with E-state index in [4.69, 9.17) is 16.3 Å². The van der Waals surface area contributed by atoms with E-state index in [0.29, 0.717) is 23.9 Å². The molecule has 2 N–H and O–H groups in total. The molecule has 6 nitrogen and oxygen atoms in total. The number of hydrogen-bond acceptors (Lipinski definition) is 5. The van der Waals surface area contributed by atoms with Crippen LogP contribution in [-0.2, 0) is 4.79 Å². The molecule has 1 aromatic heterocycles. The Balaban J connectivity index is 1.15. The van der Waals surface area contributed by atoms with Gasteiger partial charge in [-0.2, -0.15) is 0 Å². The SMILES string of the molecule is COc1ccc2c(c1)C(CC(=O)NC1CCC(Nc3ccnc4cc(Cl)ccc34)CC1)CC2=O. The Hall–Kier alpha value is -3.12. The first kappa shape index (κ1) is 22.7. The van der Waals surface area contributed by atoms with E-state index < -0.39 is 0 Å². The van der Waals surface area contributed by atoms with Crippen LogP contribution in [0.2, 0.25) is 5.02 Å². The predicted molar refractivity (Wildman–Crippen MR) is 134 cm³/mol. The normalized spacial score (nSPS) is 21.8. The van der Waals surface area contributed by atoms with Crippen LogP contribution in [-0.4, -0.2) is 35.9 Å². The Morgan fingerprint density at radius 3 is 2.68 bits per heavy atom. The number of anilines is 1. The number of halogens is 1. The molecule has 1 heterocycles. The molecule has 5 rings (SSSR count). The van der Waals surface area contributed by atoms with Gasteiger partial charge in [-0.3, -0.25) is 14.6 Å². The highest BCUT2D eigenvalue weighted by Gasteiger charge is 2.32. The van der Waals surface area contributed by atoms with Gasteiger partial charge in [-0.25, -0.2) is 0 Å². The van der Waals surface area contributed by atoms with Gasteiger partial charge in [-0.05, 0) is 73.7 Å². The summed E-state index contributed by atoms with van der Waals surface area (Å²) < 4.78 is 5.30. The second kappa shape index (κ2) is 9.63. The van der Waals surface area contributed by atoms with Crippen molar-refractivity contribution in [1.29, 1.82) is 0 Å². The Labute approximate surface area is 204 Å². The fourth-order valence-corrected chi connectivity index (χ4v) is 5.41. The van der Waals surface area contributed by atoms with Gasteiger partial charge in [0, 0.05) is 58.7 Å². The van der Waals surface area contributed by atoms with E-state index in [0.717, 1.165) is 59.2 Å². The first-order chi connectivity index (χ1) is 16.5. The number of nitrogens with one attached hydrogen (secondary N) is 2. The van der Waals surface area contributed by atoms with Gasteiger partial charge in [0.15, 0.2) is 5.78 Å². The molecule has 0 saturated heterocycles. The average Bonchev–Trinajstić information content (AvgIpc) is 3.14. The minimum absolute atomic E-state index is 0.0156.